The Morgan fingerprint density at radius 1 is 1.39 bits per heavy atom. The standard InChI is InChI=1S/C12H11IN2O2S/c13-8-1-3-9(4-2-8)14-12-15-10(7-18-12)5-6-11(16)17/h1-4,7H,5-6H2,(H,14,15)(H,16,17). The van der Waals surface area contributed by atoms with Crippen LogP contribution in [0.2, 0.25) is 0 Å². The summed E-state index contributed by atoms with van der Waals surface area (Å²) in [6.07, 6.45) is 0.590. The average molecular weight is 374 g/mol. The number of aryl methyl sites for hydroxylation is 1. The third-order valence-corrected chi connectivity index (χ3v) is 3.77. The van der Waals surface area contributed by atoms with Gasteiger partial charge < -0.3 is 10.4 Å². The number of anilines is 2. The van der Waals surface area contributed by atoms with E-state index in [0.717, 1.165) is 16.5 Å². The van der Waals surface area contributed by atoms with Crippen LogP contribution in [-0.2, 0) is 11.2 Å². The lowest BCUT2D eigenvalue weighted by Gasteiger charge is -2.01. The Kier molecular flexibility index (Phi) is 4.54. The van der Waals surface area contributed by atoms with Crippen LogP contribution in [0.3, 0.4) is 0 Å². The molecule has 2 N–H and O–H groups in total. The average Bonchev–Trinajstić information content (AvgIpc) is 2.77. The van der Waals surface area contributed by atoms with E-state index in [0.29, 0.717) is 6.42 Å². The van der Waals surface area contributed by atoms with E-state index in [2.05, 4.69) is 32.9 Å². The van der Waals surface area contributed by atoms with Gasteiger partial charge in [-0.3, -0.25) is 4.79 Å². The molecule has 0 atom stereocenters. The monoisotopic (exact) mass is 374 g/mol. The molecule has 0 fully saturated rings. The molecule has 6 heteroatoms. The van der Waals surface area contributed by atoms with E-state index in [1.165, 1.54) is 14.9 Å². The maximum Gasteiger partial charge on any atom is 0.303 e. The Hall–Kier alpha value is -1.15. The van der Waals surface area contributed by atoms with Gasteiger partial charge in [0, 0.05) is 21.1 Å². The summed E-state index contributed by atoms with van der Waals surface area (Å²) in [5.41, 5.74) is 1.80. The summed E-state index contributed by atoms with van der Waals surface area (Å²) in [7, 11) is 0. The van der Waals surface area contributed by atoms with Crippen molar-refractivity contribution >= 4 is 50.7 Å². The molecule has 2 aromatic rings. The van der Waals surface area contributed by atoms with Crippen LogP contribution in [0.5, 0.6) is 0 Å². The maximum atomic E-state index is 10.5. The highest BCUT2D eigenvalue weighted by atomic mass is 127. The minimum absolute atomic E-state index is 0.118. The molecule has 0 aliphatic carbocycles. The number of nitrogens with zero attached hydrogens (tertiary/aromatic N) is 1. The number of rotatable bonds is 5. The van der Waals surface area contributed by atoms with Crippen LogP contribution in [0, 0.1) is 3.57 Å². The van der Waals surface area contributed by atoms with Crippen LogP contribution in [0.1, 0.15) is 12.1 Å². The zero-order valence-corrected chi connectivity index (χ0v) is 12.4. The molecule has 0 spiro atoms. The number of carboxylic acids is 1. The van der Waals surface area contributed by atoms with E-state index >= 15 is 0 Å². The van der Waals surface area contributed by atoms with Crippen molar-refractivity contribution in [1.29, 1.82) is 0 Å². The molecule has 0 aliphatic rings. The second-order valence-corrected chi connectivity index (χ2v) is 5.77. The molecule has 1 aromatic heterocycles. The molecule has 4 nitrogen and oxygen atoms in total. The molecule has 1 aromatic carbocycles. The van der Waals surface area contributed by atoms with E-state index in [1.54, 1.807) is 0 Å². The summed E-state index contributed by atoms with van der Waals surface area (Å²) in [6.45, 7) is 0. The summed E-state index contributed by atoms with van der Waals surface area (Å²) in [6, 6.07) is 8.00. The van der Waals surface area contributed by atoms with Gasteiger partial charge in [-0.25, -0.2) is 4.98 Å². The summed E-state index contributed by atoms with van der Waals surface area (Å²) in [4.78, 5) is 14.8. The number of aromatic nitrogens is 1. The number of hydrogen-bond acceptors (Lipinski definition) is 4. The lowest BCUT2D eigenvalue weighted by molar-refractivity contribution is -0.136. The fourth-order valence-corrected chi connectivity index (χ4v) is 2.50. The van der Waals surface area contributed by atoms with E-state index in [9.17, 15) is 4.79 Å². The maximum absolute atomic E-state index is 10.5. The minimum atomic E-state index is -0.796. The quantitative estimate of drug-likeness (QED) is 0.787. The highest BCUT2D eigenvalue weighted by molar-refractivity contribution is 14.1. The van der Waals surface area contributed by atoms with Crippen molar-refractivity contribution in [2.45, 2.75) is 12.8 Å². The molecule has 1 heterocycles. The number of carboxylic acid groups (broad SMARTS) is 1. The SMILES string of the molecule is O=C(O)CCc1csc(Nc2ccc(I)cc2)n1. The zero-order valence-electron chi connectivity index (χ0n) is 9.39. The van der Waals surface area contributed by atoms with Crippen LogP contribution >= 0.6 is 33.9 Å². The Labute approximate surface area is 122 Å². The van der Waals surface area contributed by atoms with Crippen molar-refractivity contribution in [1.82, 2.24) is 4.98 Å². The fraction of sp³-hybridized carbons (Fsp3) is 0.167. The first-order chi connectivity index (χ1) is 8.63. The molecule has 0 aliphatic heterocycles. The van der Waals surface area contributed by atoms with E-state index in [1.807, 2.05) is 29.6 Å². The number of aliphatic carboxylic acids is 1. The Bertz CT molecular complexity index is 539. The number of thiazole rings is 1. The predicted octanol–water partition coefficient (Wildman–Crippen LogP) is 3.51. The second kappa shape index (κ2) is 6.14. The van der Waals surface area contributed by atoms with Crippen molar-refractivity contribution in [3.63, 3.8) is 0 Å². The van der Waals surface area contributed by atoms with Crippen molar-refractivity contribution in [2.75, 3.05) is 5.32 Å². The van der Waals surface area contributed by atoms with Crippen LogP contribution in [0.25, 0.3) is 0 Å². The highest BCUT2D eigenvalue weighted by Gasteiger charge is 2.04. The molecule has 94 valence electrons. The first-order valence-electron chi connectivity index (χ1n) is 5.32. The molecule has 0 radical (unpaired) electrons. The van der Waals surface area contributed by atoms with Gasteiger partial charge in [0.1, 0.15) is 0 Å². The van der Waals surface area contributed by atoms with Crippen molar-refractivity contribution in [3.05, 3.63) is 38.9 Å². The number of carbonyl (C=O) groups is 1. The number of hydrogen-bond donors (Lipinski definition) is 2. The van der Waals surface area contributed by atoms with Crippen LogP contribution in [0.15, 0.2) is 29.6 Å². The smallest absolute Gasteiger partial charge is 0.303 e. The van der Waals surface area contributed by atoms with E-state index in [-0.39, 0.29) is 6.42 Å². The Morgan fingerprint density at radius 3 is 2.78 bits per heavy atom. The minimum Gasteiger partial charge on any atom is -0.481 e. The van der Waals surface area contributed by atoms with Crippen LogP contribution in [0.4, 0.5) is 10.8 Å². The first-order valence-corrected chi connectivity index (χ1v) is 7.28. The Balaban J connectivity index is 1.97. The molecule has 0 saturated heterocycles. The summed E-state index contributed by atoms with van der Waals surface area (Å²) in [5, 5.41) is 14.5. The van der Waals surface area contributed by atoms with Gasteiger partial charge in [0.25, 0.3) is 0 Å². The van der Waals surface area contributed by atoms with Gasteiger partial charge in [0.15, 0.2) is 5.13 Å². The van der Waals surface area contributed by atoms with Crippen molar-refractivity contribution < 1.29 is 9.90 Å². The number of benzene rings is 1. The van der Waals surface area contributed by atoms with Gasteiger partial charge in [-0.2, -0.15) is 0 Å². The topological polar surface area (TPSA) is 62.2 Å². The first kappa shape index (κ1) is 13.3. The Morgan fingerprint density at radius 2 is 2.11 bits per heavy atom. The molecule has 0 unspecified atom stereocenters. The van der Waals surface area contributed by atoms with Crippen molar-refractivity contribution in [3.8, 4) is 0 Å². The third-order valence-electron chi connectivity index (χ3n) is 2.24. The van der Waals surface area contributed by atoms with Gasteiger partial charge in [-0.15, -0.1) is 11.3 Å². The third kappa shape index (κ3) is 3.95. The lowest BCUT2D eigenvalue weighted by Crippen LogP contribution is -1.98. The van der Waals surface area contributed by atoms with Gasteiger partial charge in [0.05, 0.1) is 12.1 Å². The number of halogens is 1. The molecule has 18 heavy (non-hydrogen) atoms. The summed E-state index contributed by atoms with van der Waals surface area (Å²) >= 11 is 3.74. The summed E-state index contributed by atoms with van der Waals surface area (Å²) in [5.74, 6) is -0.796. The van der Waals surface area contributed by atoms with Crippen molar-refractivity contribution in [2.24, 2.45) is 0 Å². The molecular formula is C12H11IN2O2S. The van der Waals surface area contributed by atoms with Crippen LogP contribution < -0.4 is 5.32 Å². The molecule has 2 rings (SSSR count). The predicted molar refractivity (Wildman–Crippen MR) is 80.5 cm³/mol. The summed E-state index contributed by atoms with van der Waals surface area (Å²) < 4.78 is 1.18. The van der Waals surface area contributed by atoms with Gasteiger partial charge in [0.2, 0.25) is 0 Å². The molecular weight excluding hydrogens is 363 g/mol. The molecule has 0 bridgehead atoms. The van der Waals surface area contributed by atoms with E-state index in [4.69, 9.17) is 5.11 Å². The molecule has 0 saturated carbocycles. The fourth-order valence-electron chi connectivity index (χ4n) is 1.37. The van der Waals surface area contributed by atoms with Gasteiger partial charge in [-0.1, -0.05) is 0 Å². The van der Waals surface area contributed by atoms with Gasteiger partial charge >= 0.3 is 5.97 Å². The molecule has 0 amide bonds. The second-order valence-electron chi connectivity index (χ2n) is 3.67. The van der Waals surface area contributed by atoms with Gasteiger partial charge in [-0.05, 0) is 46.9 Å². The van der Waals surface area contributed by atoms with E-state index < -0.39 is 5.97 Å². The largest absolute Gasteiger partial charge is 0.481 e. The zero-order chi connectivity index (χ0) is 13.0. The normalized spacial score (nSPS) is 10.3. The number of nitrogens with one attached hydrogen (secondary N) is 1. The van der Waals surface area contributed by atoms with Crippen LogP contribution in [-0.4, -0.2) is 16.1 Å². The highest BCUT2D eigenvalue weighted by Crippen LogP contribution is 2.22. The lowest BCUT2D eigenvalue weighted by atomic mass is 10.2.